The van der Waals surface area contributed by atoms with Crippen molar-refractivity contribution in [3.8, 4) is 5.06 Å². The second kappa shape index (κ2) is 3.26. The number of halogens is 1. The molecule has 0 saturated carbocycles. The highest BCUT2D eigenvalue weighted by atomic mass is 35.5. The lowest BCUT2D eigenvalue weighted by Crippen LogP contribution is -1.75. The van der Waals surface area contributed by atoms with E-state index in [2.05, 4.69) is 6.92 Å². The first-order chi connectivity index (χ1) is 4.77. The molecule has 1 aromatic rings. The first kappa shape index (κ1) is 7.89. The molecule has 0 saturated heterocycles. The van der Waals surface area contributed by atoms with E-state index < -0.39 is 0 Å². The normalized spacial score (nSPS) is 9.90. The zero-order valence-electron chi connectivity index (χ0n) is 5.98. The number of methoxy groups -OCH3 is 1. The van der Waals surface area contributed by atoms with Gasteiger partial charge in [0.15, 0.2) is 5.06 Å². The van der Waals surface area contributed by atoms with Crippen LogP contribution in [0.1, 0.15) is 11.8 Å². The average Bonchev–Trinajstić information content (AvgIpc) is 2.30. The minimum Gasteiger partial charge on any atom is -0.486 e. The van der Waals surface area contributed by atoms with Crippen LogP contribution in [0.2, 0.25) is 5.02 Å². The molecule has 3 heteroatoms. The number of hydrogen-bond donors (Lipinski definition) is 0. The number of thiophene rings is 1. The molecule has 0 aromatic carbocycles. The summed E-state index contributed by atoms with van der Waals surface area (Å²) in [7, 11) is 1.64. The summed E-state index contributed by atoms with van der Waals surface area (Å²) in [6, 6.07) is 1.95. The van der Waals surface area contributed by atoms with Gasteiger partial charge in [-0.15, -0.1) is 11.3 Å². The highest BCUT2D eigenvalue weighted by molar-refractivity contribution is 7.14. The standard InChI is InChI=1S/C7H9ClOS/c1-3-5-4-6(8)7(9-2)10-5/h4H,3H2,1-2H3. The Bertz CT molecular complexity index is 219. The van der Waals surface area contributed by atoms with Crippen molar-refractivity contribution in [3.63, 3.8) is 0 Å². The number of rotatable bonds is 2. The van der Waals surface area contributed by atoms with Crippen LogP contribution in [0, 0.1) is 0 Å². The van der Waals surface area contributed by atoms with E-state index in [1.165, 1.54) is 4.88 Å². The summed E-state index contributed by atoms with van der Waals surface area (Å²) in [4.78, 5) is 1.27. The molecule has 0 aliphatic rings. The molecule has 1 rings (SSSR count). The summed E-state index contributed by atoms with van der Waals surface area (Å²) >= 11 is 7.41. The molecule has 0 unspecified atom stereocenters. The van der Waals surface area contributed by atoms with Gasteiger partial charge in [-0.1, -0.05) is 18.5 Å². The highest BCUT2D eigenvalue weighted by Gasteiger charge is 2.04. The van der Waals surface area contributed by atoms with Gasteiger partial charge in [-0.2, -0.15) is 0 Å². The number of aryl methyl sites for hydroxylation is 1. The summed E-state index contributed by atoms with van der Waals surface area (Å²) in [5.74, 6) is 0. The van der Waals surface area contributed by atoms with Gasteiger partial charge in [0.2, 0.25) is 0 Å². The van der Waals surface area contributed by atoms with Crippen LogP contribution in [0.5, 0.6) is 5.06 Å². The Labute approximate surface area is 69.6 Å². The molecule has 0 aliphatic heterocycles. The summed E-state index contributed by atoms with van der Waals surface area (Å²) < 4.78 is 5.01. The zero-order chi connectivity index (χ0) is 7.56. The summed E-state index contributed by atoms with van der Waals surface area (Å²) in [5, 5.41) is 1.54. The van der Waals surface area contributed by atoms with Crippen molar-refractivity contribution in [1.82, 2.24) is 0 Å². The smallest absolute Gasteiger partial charge is 0.192 e. The lowest BCUT2D eigenvalue weighted by molar-refractivity contribution is 0.427. The van der Waals surface area contributed by atoms with E-state index in [9.17, 15) is 0 Å². The van der Waals surface area contributed by atoms with Crippen LogP contribution < -0.4 is 4.74 Å². The van der Waals surface area contributed by atoms with Gasteiger partial charge in [0, 0.05) is 4.88 Å². The Morgan fingerprint density at radius 2 is 2.40 bits per heavy atom. The molecule has 0 atom stereocenters. The minimum atomic E-state index is 0.726. The summed E-state index contributed by atoms with van der Waals surface area (Å²) in [6.07, 6.45) is 1.02. The Kier molecular flexibility index (Phi) is 2.57. The van der Waals surface area contributed by atoms with Gasteiger partial charge in [0.1, 0.15) is 0 Å². The minimum absolute atomic E-state index is 0.726. The molecule has 0 aliphatic carbocycles. The maximum absolute atomic E-state index is 5.81. The van der Waals surface area contributed by atoms with Crippen LogP contribution in [0.3, 0.4) is 0 Å². The molecule has 1 heterocycles. The Balaban J connectivity index is 2.92. The lowest BCUT2D eigenvalue weighted by atomic mass is 10.4. The molecular formula is C7H9ClOS. The molecule has 0 spiro atoms. The van der Waals surface area contributed by atoms with Gasteiger partial charge >= 0.3 is 0 Å². The van der Waals surface area contributed by atoms with Crippen LogP contribution >= 0.6 is 22.9 Å². The lowest BCUT2D eigenvalue weighted by Gasteiger charge is -1.91. The van der Waals surface area contributed by atoms with Crippen molar-refractivity contribution in [1.29, 1.82) is 0 Å². The van der Waals surface area contributed by atoms with E-state index in [1.54, 1.807) is 18.4 Å². The fraction of sp³-hybridized carbons (Fsp3) is 0.429. The zero-order valence-corrected chi connectivity index (χ0v) is 7.55. The van der Waals surface area contributed by atoms with Crippen molar-refractivity contribution < 1.29 is 4.74 Å². The molecule has 10 heavy (non-hydrogen) atoms. The molecule has 0 amide bonds. The second-order valence-electron chi connectivity index (χ2n) is 1.91. The van der Waals surface area contributed by atoms with Gasteiger partial charge in [-0.25, -0.2) is 0 Å². The van der Waals surface area contributed by atoms with Crippen LogP contribution in [0.4, 0.5) is 0 Å². The van der Waals surface area contributed by atoms with E-state index >= 15 is 0 Å². The van der Waals surface area contributed by atoms with E-state index in [4.69, 9.17) is 16.3 Å². The molecular weight excluding hydrogens is 168 g/mol. The SMILES string of the molecule is CCc1cc(Cl)c(OC)s1. The topological polar surface area (TPSA) is 9.23 Å². The average molecular weight is 177 g/mol. The Morgan fingerprint density at radius 3 is 2.70 bits per heavy atom. The van der Waals surface area contributed by atoms with Gasteiger partial charge < -0.3 is 4.74 Å². The third-order valence-electron chi connectivity index (χ3n) is 1.24. The fourth-order valence-corrected chi connectivity index (χ4v) is 1.90. The molecule has 0 N–H and O–H groups in total. The molecule has 0 radical (unpaired) electrons. The van der Waals surface area contributed by atoms with Gasteiger partial charge in [-0.05, 0) is 12.5 Å². The van der Waals surface area contributed by atoms with Crippen LogP contribution in [-0.2, 0) is 6.42 Å². The molecule has 0 fully saturated rings. The van der Waals surface area contributed by atoms with Crippen molar-refractivity contribution in [2.75, 3.05) is 7.11 Å². The predicted molar refractivity (Wildman–Crippen MR) is 45.3 cm³/mol. The number of ether oxygens (including phenoxy) is 1. The Hall–Kier alpha value is -0.210. The van der Waals surface area contributed by atoms with Crippen molar-refractivity contribution in [3.05, 3.63) is 16.0 Å². The molecule has 56 valence electrons. The summed E-state index contributed by atoms with van der Waals surface area (Å²) in [6.45, 7) is 2.10. The first-order valence-electron chi connectivity index (χ1n) is 3.10. The molecule has 1 nitrogen and oxygen atoms in total. The monoisotopic (exact) mass is 176 g/mol. The van der Waals surface area contributed by atoms with Crippen molar-refractivity contribution >= 4 is 22.9 Å². The van der Waals surface area contributed by atoms with Crippen molar-refractivity contribution in [2.45, 2.75) is 13.3 Å². The third-order valence-corrected chi connectivity index (χ3v) is 2.87. The quantitative estimate of drug-likeness (QED) is 0.673. The van der Waals surface area contributed by atoms with E-state index in [1.807, 2.05) is 6.07 Å². The van der Waals surface area contributed by atoms with Gasteiger partial charge in [0.25, 0.3) is 0 Å². The van der Waals surface area contributed by atoms with Crippen LogP contribution in [-0.4, -0.2) is 7.11 Å². The maximum Gasteiger partial charge on any atom is 0.192 e. The second-order valence-corrected chi connectivity index (χ2v) is 3.41. The van der Waals surface area contributed by atoms with Gasteiger partial charge in [0.05, 0.1) is 12.1 Å². The summed E-state index contributed by atoms with van der Waals surface area (Å²) in [5.41, 5.74) is 0. The van der Waals surface area contributed by atoms with Crippen LogP contribution in [0.15, 0.2) is 6.07 Å². The van der Waals surface area contributed by atoms with Crippen LogP contribution in [0.25, 0.3) is 0 Å². The van der Waals surface area contributed by atoms with E-state index in [-0.39, 0.29) is 0 Å². The molecule has 0 bridgehead atoms. The predicted octanol–water partition coefficient (Wildman–Crippen LogP) is 2.97. The largest absolute Gasteiger partial charge is 0.486 e. The maximum atomic E-state index is 5.81. The van der Waals surface area contributed by atoms with E-state index in [0.29, 0.717) is 0 Å². The Morgan fingerprint density at radius 1 is 1.70 bits per heavy atom. The number of hydrogen-bond acceptors (Lipinski definition) is 2. The van der Waals surface area contributed by atoms with Gasteiger partial charge in [-0.3, -0.25) is 0 Å². The fourth-order valence-electron chi connectivity index (χ4n) is 0.711. The van der Waals surface area contributed by atoms with E-state index in [0.717, 1.165) is 16.5 Å². The van der Waals surface area contributed by atoms with Crippen molar-refractivity contribution in [2.24, 2.45) is 0 Å². The third kappa shape index (κ3) is 1.44. The first-order valence-corrected chi connectivity index (χ1v) is 4.29. The highest BCUT2D eigenvalue weighted by Crippen LogP contribution is 2.34. The molecule has 1 aromatic heterocycles.